The summed E-state index contributed by atoms with van der Waals surface area (Å²) in [4.78, 5) is 12.5. The maximum Gasteiger partial charge on any atom is 0.258 e. The van der Waals surface area contributed by atoms with Crippen molar-refractivity contribution in [3.63, 3.8) is 0 Å². The van der Waals surface area contributed by atoms with E-state index in [9.17, 15) is 4.79 Å². The van der Waals surface area contributed by atoms with Crippen molar-refractivity contribution in [1.29, 1.82) is 0 Å². The van der Waals surface area contributed by atoms with Gasteiger partial charge in [0.25, 0.3) is 5.91 Å². The molecular formula is C24H31NO4. The Hall–Kier alpha value is -2.69. The highest BCUT2D eigenvalue weighted by molar-refractivity contribution is 5.78. The third-order valence-electron chi connectivity index (χ3n) is 5.16. The molecule has 0 unspecified atom stereocenters. The van der Waals surface area contributed by atoms with Crippen LogP contribution in [0.1, 0.15) is 56.3 Å². The lowest BCUT2D eigenvalue weighted by Gasteiger charge is -2.20. The number of rotatable bonds is 9. The molecule has 156 valence electrons. The number of hydrogen-bond donors (Lipinski definition) is 1. The van der Waals surface area contributed by atoms with Crippen molar-refractivity contribution in [3.05, 3.63) is 53.1 Å². The van der Waals surface area contributed by atoms with Crippen LogP contribution in [0.15, 0.2) is 36.4 Å². The van der Waals surface area contributed by atoms with Gasteiger partial charge in [-0.1, -0.05) is 18.2 Å². The van der Waals surface area contributed by atoms with E-state index in [4.69, 9.17) is 14.2 Å². The van der Waals surface area contributed by atoms with Gasteiger partial charge in [-0.05, 0) is 81.3 Å². The van der Waals surface area contributed by atoms with Gasteiger partial charge in [0.05, 0.1) is 19.3 Å². The molecule has 0 aliphatic heterocycles. The van der Waals surface area contributed by atoms with Crippen LogP contribution in [0.5, 0.6) is 17.2 Å². The number of amides is 1. The normalized spacial score (nSPS) is 13.9. The summed E-state index contributed by atoms with van der Waals surface area (Å²) < 4.78 is 17.1. The van der Waals surface area contributed by atoms with Crippen molar-refractivity contribution in [2.75, 3.05) is 19.8 Å². The monoisotopic (exact) mass is 397 g/mol. The zero-order valence-corrected chi connectivity index (χ0v) is 17.6. The highest BCUT2D eigenvalue weighted by Gasteiger charge is 2.16. The highest BCUT2D eigenvalue weighted by Crippen LogP contribution is 2.31. The highest BCUT2D eigenvalue weighted by atomic mass is 16.5. The minimum atomic E-state index is -0.161. The van der Waals surface area contributed by atoms with Crippen molar-refractivity contribution in [1.82, 2.24) is 5.32 Å². The number of carbonyl (C=O) groups excluding carboxylic acids is 1. The Balaban J connectivity index is 1.60. The average Bonchev–Trinajstić information content (AvgIpc) is 2.73. The van der Waals surface area contributed by atoms with Crippen LogP contribution in [0.25, 0.3) is 0 Å². The Morgan fingerprint density at radius 2 is 1.72 bits per heavy atom. The molecule has 0 heterocycles. The van der Waals surface area contributed by atoms with Crippen LogP contribution in [0.3, 0.4) is 0 Å². The first-order valence-corrected chi connectivity index (χ1v) is 10.5. The fourth-order valence-corrected chi connectivity index (χ4v) is 3.73. The third-order valence-corrected chi connectivity index (χ3v) is 5.16. The van der Waals surface area contributed by atoms with Gasteiger partial charge in [-0.15, -0.1) is 0 Å². The molecule has 0 saturated heterocycles. The molecule has 0 aromatic heterocycles. The molecule has 29 heavy (non-hydrogen) atoms. The second-order valence-electron chi connectivity index (χ2n) is 7.25. The standard InChI is InChI=1S/C24H31NO4/c1-4-27-22-14-13-19(15-23(22)28-5-2)17(3)25-24(26)16-29-21-12-8-10-18-9-6-7-11-20(18)21/h8,10,12-15,17H,4-7,9,11,16H2,1-3H3,(H,25,26)/t17-/m0/s1. The number of carbonyl (C=O) groups is 1. The summed E-state index contributed by atoms with van der Waals surface area (Å²) in [5.41, 5.74) is 3.56. The minimum Gasteiger partial charge on any atom is -0.490 e. The molecule has 1 atom stereocenters. The number of nitrogens with one attached hydrogen (secondary N) is 1. The summed E-state index contributed by atoms with van der Waals surface area (Å²) in [7, 11) is 0. The van der Waals surface area contributed by atoms with Gasteiger partial charge in [-0.2, -0.15) is 0 Å². The smallest absolute Gasteiger partial charge is 0.258 e. The summed E-state index contributed by atoms with van der Waals surface area (Å²) in [6, 6.07) is 11.7. The van der Waals surface area contributed by atoms with E-state index >= 15 is 0 Å². The van der Waals surface area contributed by atoms with Crippen LogP contribution in [0.4, 0.5) is 0 Å². The Bertz CT molecular complexity index is 834. The Morgan fingerprint density at radius 1 is 0.966 bits per heavy atom. The van der Waals surface area contributed by atoms with Crippen molar-refractivity contribution in [2.24, 2.45) is 0 Å². The van der Waals surface area contributed by atoms with Crippen LogP contribution in [-0.4, -0.2) is 25.7 Å². The van der Waals surface area contributed by atoms with E-state index in [1.54, 1.807) is 0 Å². The molecule has 2 aromatic carbocycles. The minimum absolute atomic E-state index is 0.0101. The van der Waals surface area contributed by atoms with E-state index in [1.165, 1.54) is 24.0 Å². The van der Waals surface area contributed by atoms with E-state index in [0.717, 1.165) is 24.2 Å². The lowest BCUT2D eigenvalue weighted by Crippen LogP contribution is -2.31. The molecule has 0 spiro atoms. The molecule has 0 saturated carbocycles. The molecule has 5 heteroatoms. The largest absolute Gasteiger partial charge is 0.490 e. The maximum atomic E-state index is 12.5. The molecule has 2 aromatic rings. The second-order valence-corrected chi connectivity index (χ2v) is 7.25. The van der Waals surface area contributed by atoms with Gasteiger partial charge in [-0.3, -0.25) is 4.79 Å². The van der Waals surface area contributed by atoms with Gasteiger partial charge in [0.1, 0.15) is 5.75 Å². The molecule has 0 radical (unpaired) electrons. The van der Waals surface area contributed by atoms with Crippen molar-refractivity contribution in [2.45, 2.75) is 52.5 Å². The number of ether oxygens (including phenoxy) is 3. The van der Waals surface area contributed by atoms with Gasteiger partial charge in [0.15, 0.2) is 18.1 Å². The van der Waals surface area contributed by atoms with Crippen LogP contribution in [0.2, 0.25) is 0 Å². The van der Waals surface area contributed by atoms with Crippen LogP contribution >= 0.6 is 0 Å². The molecule has 1 N–H and O–H groups in total. The lowest BCUT2D eigenvalue weighted by molar-refractivity contribution is -0.123. The fraction of sp³-hybridized carbons (Fsp3) is 0.458. The third kappa shape index (κ3) is 5.43. The Kier molecular flexibility index (Phi) is 7.39. The average molecular weight is 398 g/mol. The zero-order valence-electron chi connectivity index (χ0n) is 17.6. The maximum absolute atomic E-state index is 12.5. The lowest BCUT2D eigenvalue weighted by atomic mass is 9.91. The molecule has 0 fully saturated rings. The fourth-order valence-electron chi connectivity index (χ4n) is 3.73. The van der Waals surface area contributed by atoms with E-state index in [-0.39, 0.29) is 18.6 Å². The molecule has 5 nitrogen and oxygen atoms in total. The van der Waals surface area contributed by atoms with E-state index in [1.807, 2.05) is 51.1 Å². The van der Waals surface area contributed by atoms with E-state index < -0.39 is 0 Å². The number of aryl methyl sites for hydroxylation is 1. The zero-order chi connectivity index (χ0) is 20.6. The molecule has 1 amide bonds. The Labute approximate surface area is 173 Å². The topological polar surface area (TPSA) is 56.8 Å². The van der Waals surface area contributed by atoms with Gasteiger partial charge < -0.3 is 19.5 Å². The summed E-state index contributed by atoms with van der Waals surface area (Å²) in [6.45, 7) is 6.97. The summed E-state index contributed by atoms with van der Waals surface area (Å²) >= 11 is 0. The van der Waals surface area contributed by atoms with Gasteiger partial charge >= 0.3 is 0 Å². The predicted octanol–water partition coefficient (Wildman–Crippen LogP) is 4.62. The first kappa shape index (κ1) is 21.0. The molecular weight excluding hydrogens is 366 g/mol. The summed E-state index contributed by atoms with van der Waals surface area (Å²) in [5, 5.41) is 3.01. The summed E-state index contributed by atoms with van der Waals surface area (Å²) in [5.74, 6) is 2.11. The van der Waals surface area contributed by atoms with E-state index in [2.05, 4.69) is 11.4 Å². The first-order valence-electron chi connectivity index (χ1n) is 10.5. The van der Waals surface area contributed by atoms with E-state index in [0.29, 0.717) is 24.7 Å². The first-order chi connectivity index (χ1) is 14.1. The quantitative estimate of drug-likeness (QED) is 0.671. The van der Waals surface area contributed by atoms with Crippen LogP contribution in [-0.2, 0) is 17.6 Å². The van der Waals surface area contributed by atoms with Gasteiger partial charge in [0.2, 0.25) is 0 Å². The van der Waals surface area contributed by atoms with Crippen molar-refractivity contribution >= 4 is 5.91 Å². The molecule has 0 bridgehead atoms. The molecule has 1 aliphatic rings. The van der Waals surface area contributed by atoms with Crippen LogP contribution in [0, 0.1) is 0 Å². The number of fused-ring (bicyclic) bond motifs is 1. The summed E-state index contributed by atoms with van der Waals surface area (Å²) in [6.07, 6.45) is 4.52. The molecule has 1 aliphatic carbocycles. The predicted molar refractivity (Wildman–Crippen MR) is 114 cm³/mol. The number of benzene rings is 2. The van der Waals surface area contributed by atoms with Gasteiger partial charge in [0, 0.05) is 0 Å². The van der Waals surface area contributed by atoms with Crippen molar-refractivity contribution in [3.8, 4) is 17.2 Å². The van der Waals surface area contributed by atoms with Crippen LogP contribution < -0.4 is 19.5 Å². The second kappa shape index (κ2) is 10.2. The van der Waals surface area contributed by atoms with Crippen molar-refractivity contribution < 1.29 is 19.0 Å². The van der Waals surface area contributed by atoms with Gasteiger partial charge in [-0.25, -0.2) is 0 Å². The Morgan fingerprint density at radius 3 is 2.52 bits per heavy atom. The molecule has 3 rings (SSSR count). The SMILES string of the molecule is CCOc1ccc([C@H](C)NC(=O)COc2cccc3c2CCCC3)cc1OCC. The number of hydrogen-bond acceptors (Lipinski definition) is 4.